The maximum atomic E-state index is 12.3. The number of aryl methyl sites for hydroxylation is 1. The second-order valence-electron chi connectivity index (χ2n) is 6.77. The summed E-state index contributed by atoms with van der Waals surface area (Å²) in [5.41, 5.74) is 0.754. The summed E-state index contributed by atoms with van der Waals surface area (Å²) in [6.07, 6.45) is 6.89. The van der Waals surface area contributed by atoms with E-state index in [1.807, 2.05) is 18.1 Å². The first-order valence-corrected chi connectivity index (χ1v) is 8.81. The van der Waals surface area contributed by atoms with Crippen molar-refractivity contribution in [2.45, 2.75) is 30.9 Å². The Bertz CT molecular complexity index is 890. The van der Waals surface area contributed by atoms with E-state index in [0.717, 1.165) is 18.4 Å². The zero-order valence-corrected chi connectivity index (χ0v) is 15.0. The molecule has 0 radical (unpaired) electrons. The average molecular weight is 379 g/mol. The Morgan fingerprint density at radius 2 is 2.27 bits per heavy atom. The van der Waals surface area contributed by atoms with Crippen LogP contribution in [0.5, 0.6) is 0 Å². The number of nitrogens with one attached hydrogen (secondary N) is 2. The van der Waals surface area contributed by atoms with E-state index >= 15 is 0 Å². The Morgan fingerprint density at radius 1 is 1.46 bits per heavy atom. The molecule has 2 fully saturated rings. The van der Waals surface area contributed by atoms with Crippen molar-refractivity contribution in [2.75, 3.05) is 18.0 Å². The van der Waals surface area contributed by atoms with Crippen molar-refractivity contribution in [3.8, 4) is 0 Å². The molecule has 0 aromatic carbocycles. The highest BCUT2D eigenvalue weighted by Crippen LogP contribution is 2.45. The molecule has 26 heavy (non-hydrogen) atoms. The molecule has 1 amide bonds. The van der Waals surface area contributed by atoms with Crippen LogP contribution in [0, 0.1) is 0 Å². The third-order valence-corrected chi connectivity index (χ3v) is 5.25. The van der Waals surface area contributed by atoms with Crippen LogP contribution in [0.3, 0.4) is 0 Å². The zero-order chi connectivity index (χ0) is 18.3. The average Bonchev–Trinajstić information content (AvgIpc) is 3.01. The number of amides is 1. The van der Waals surface area contributed by atoms with Crippen molar-refractivity contribution in [1.82, 2.24) is 25.3 Å². The van der Waals surface area contributed by atoms with Crippen LogP contribution in [-0.2, 0) is 17.3 Å². The van der Waals surface area contributed by atoms with Gasteiger partial charge < -0.3 is 15.0 Å². The lowest BCUT2D eigenvalue weighted by atomic mass is 10.1. The van der Waals surface area contributed by atoms with Gasteiger partial charge in [0.05, 0.1) is 30.2 Å². The van der Waals surface area contributed by atoms with E-state index in [0.29, 0.717) is 25.2 Å². The summed E-state index contributed by atoms with van der Waals surface area (Å²) in [6.45, 7) is 1.11. The number of aromatic amines is 1. The molecule has 9 nitrogen and oxygen atoms in total. The molecule has 0 unspecified atom stereocenters. The molecule has 2 aromatic heterocycles. The van der Waals surface area contributed by atoms with Crippen molar-refractivity contribution in [1.29, 1.82) is 0 Å². The fourth-order valence-electron chi connectivity index (χ4n) is 3.29. The molecule has 2 aliphatic rings. The molecular weight excluding hydrogens is 360 g/mol. The van der Waals surface area contributed by atoms with Crippen molar-refractivity contribution in [3.05, 3.63) is 39.5 Å². The lowest BCUT2D eigenvalue weighted by Crippen LogP contribution is -2.38. The van der Waals surface area contributed by atoms with Gasteiger partial charge in [0.15, 0.2) is 0 Å². The number of carbonyl (C=O) groups excluding carboxylic acids is 1. The van der Waals surface area contributed by atoms with Crippen LogP contribution in [0.1, 0.15) is 24.8 Å². The predicted molar refractivity (Wildman–Crippen MR) is 94.2 cm³/mol. The molecule has 138 valence electrons. The Kier molecular flexibility index (Phi) is 4.10. The molecule has 1 aliphatic carbocycles. The Labute approximate surface area is 154 Å². The number of carbonyl (C=O) groups is 1. The maximum absolute atomic E-state index is 12.3. The third-order valence-electron chi connectivity index (χ3n) is 4.89. The predicted octanol–water partition coefficient (Wildman–Crippen LogP) is 1.15. The molecule has 0 bridgehead atoms. The van der Waals surface area contributed by atoms with Crippen LogP contribution in [0.15, 0.2) is 23.4 Å². The van der Waals surface area contributed by atoms with Crippen molar-refractivity contribution < 1.29 is 9.53 Å². The fourth-order valence-corrected chi connectivity index (χ4v) is 3.50. The summed E-state index contributed by atoms with van der Waals surface area (Å²) in [5, 5.41) is 13.3. The molecule has 3 heterocycles. The summed E-state index contributed by atoms with van der Waals surface area (Å²) in [5.74, 6) is 0. The van der Waals surface area contributed by atoms with Gasteiger partial charge >= 0.3 is 6.09 Å². The largest absolute Gasteiger partial charge is 0.444 e. The van der Waals surface area contributed by atoms with Gasteiger partial charge in [0, 0.05) is 31.8 Å². The zero-order valence-electron chi connectivity index (χ0n) is 14.2. The van der Waals surface area contributed by atoms with Crippen LogP contribution >= 0.6 is 11.6 Å². The fraction of sp³-hybridized carbons (Fsp3) is 0.500. The lowest BCUT2D eigenvalue weighted by molar-refractivity contribution is 0.103. The van der Waals surface area contributed by atoms with E-state index in [2.05, 4.69) is 20.6 Å². The highest BCUT2D eigenvalue weighted by molar-refractivity contribution is 6.33. The van der Waals surface area contributed by atoms with Gasteiger partial charge in [0.2, 0.25) is 0 Å². The topological polar surface area (TPSA) is 105 Å². The van der Waals surface area contributed by atoms with Crippen LogP contribution < -0.4 is 15.8 Å². The van der Waals surface area contributed by atoms with Crippen LogP contribution in [0.25, 0.3) is 0 Å². The first kappa shape index (κ1) is 16.9. The van der Waals surface area contributed by atoms with Gasteiger partial charge in [0.1, 0.15) is 11.1 Å². The SMILES string of the molecule is Cn1cc(C2(NC(=O)O[C@@H]3CCN(c4cn[nH]c(=O)c4Cl)C3)CC2)cn1. The number of aromatic nitrogens is 4. The van der Waals surface area contributed by atoms with Gasteiger partial charge in [-0.15, -0.1) is 0 Å². The maximum Gasteiger partial charge on any atom is 0.408 e. The molecule has 1 saturated carbocycles. The second-order valence-corrected chi connectivity index (χ2v) is 7.15. The van der Waals surface area contributed by atoms with Crippen LogP contribution in [0.4, 0.5) is 10.5 Å². The second kappa shape index (κ2) is 6.31. The number of ether oxygens (including phenoxy) is 1. The van der Waals surface area contributed by atoms with E-state index in [9.17, 15) is 9.59 Å². The summed E-state index contributed by atoms with van der Waals surface area (Å²) < 4.78 is 7.29. The lowest BCUT2D eigenvalue weighted by Gasteiger charge is -2.20. The number of anilines is 1. The van der Waals surface area contributed by atoms with Crippen molar-refractivity contribution in [3.63, 3.8) is 0 Å². The number of nitrogens with zero attached hydrogens (tertiary/aromatic N) is 4. The van der Waals surface area contributed by atoms with Gasteiger partial charge in [-0.2, -0.15) is 10.2 Å². The van der Waals surface area contributed by atoms with Gasteiger partial charge in [-0.1, -0.05) is 11.6 Å². The molecule has 0 spiro atoms. The van der Waals surface area contributed by atoms with E-state index in [4.69, 9.17) is 16.3 Å². The van der Waals surface area contributed by atoms with Gasteiger partial charge in [-0.05, 0) is 12.8 Å². The molecule has 1 saturated heterocycles. The number of hydrogen-bond acceptors (Lipinski definition) is 6. The molecule has 10 heteroatoms. The highest BCUT2D eigenvalue weighted by Gasteiger charge is 2.47. The van der Waals surface area contributed by atoms with Gasteiger partial charge in [-0.3, -0.25) is 9.48 Å². The van der Waals surface area contributed by atoms with Gasteiger partial charge in [-0.25, -0.2) is 9.89 Å². The van der Waals surface area contributed by atoms with E-state index in [1.165, 1.54) is 6.20 Å². The summed E-state index contributed by atoms with van der Waals surface area (Å²) in [6, 6.07) is 0. The molecule has 1 aliphatic heterocycles. The monoisotopic (exact) mass is 378 g/mol. The smallest absolute Gasteiger partial charge is 0.408 e. The van der Waals surface area contributed by atoms with Crippen molar-refractivity contribution in [2.24, 2.45) is 7.05 Å². The molecule has 1 atom stereocenters. The van der Waals surface area contributed by atoms with E-state index in [-0.39, 0.29) is 16.7 Å². The van der Waals surface area contributed by atoms with Crippen molar-refractivity contribution >= 4 is 23.4 Å². The van der Waals surface area contributed by atoms with Gasteiger partial charge in [0.25, 0.3) is 5.56 Å². The number of H-pyrrole nitrogens is 1. The molecule has 2 N–H and O–H groups in total. The number of rotatable bonds is 4. The van der Waals surface area contributed by atoms with E-state index in [1.54, 1.807) is 10.9 Å². The summed E-state index contributed by atoms with van der Waals surface area (Å²) >= 11 is 6.04. The third kappa shape index (κ3) is 3.14. The molecule has 4 rings (SSSR count). The molecular formula is C16H19ClN6O3. The number of hydrogen-bond donors (Lipinski definition) is 2. The van der Waals surface area contributed by atoms with Crippen LogP contribution in [-0.4, -0.2) is 45.3 Å². The minimum atomic E-state index is -0.437. The normalized spacial score (nSPS) is 20.8. The standard InChI is InChI=1S/C16H19ClN6O3/c1-22-8-10(6-19-22)16(3-4-16)20-15(25)26-11-2-5-23(9-11)12-7-18-21-14(24)13(12)17/h6-8,11H,2-5,9H2,1H3,(H,20,25)(H,21,24)/t11-/m1/s1. The summed E-state index contributed by atoms with van der Waals surface area (Å²) in [7, 11) is 1.85. The Balaban J connectivity index is 1.36. The minimum Gasteiger partial charge on any atom is -0.444 e. The Morgan fingerprint density at radius 3 is 2.96 bits per heavy atom. The minimum absolute atomic E-state index is 0.0959. The quantitative estimate of drug-likeness (QED) is 0.826. The number of halogens is 1. The highest BCUT2D eigenvalue weighted by atomic mass is 35.5. The summed E-state index contributed by atoms with van der Waals surface area (Å²) in [4.78, 5) is 25.8. The Hall–Kier alpha value is -2.55. The molecule has 2 aromatic rings. The first-order valence-electron chi connectivity index (χ1n) is 8.43. The number of alkyl carbamates (subject to hydrolysis) is 1. The first-order chi connectivity index (χ1) is 12.5. The van der Waals surface area contributed by atoms with Crippen LogP contribution in [0.2, 0.25) is 5.02 Å². The van der Waals surface area contributed by atoms with E-state index < -0.39 is 11.7 Å².